The molecule has 16 heavy (non-hydrogen) atoms. The Bertz CT molecular complexity index is 441. The number of hydrogen-bond donors (Lipinski definition) is 2. The highest BCUT2D eigenvalue weighted by molar-refractivity contribution is 6.31. The van der Waals surface area contributed by atoms with E-state index in [1.165, 1.54) is 4.90 Å². The number of nitrogens with one attached hydrogen (secondary N) is 1. The molecule has 0 bridgehead atoms. The van der Waals surface area contributed by atoms with Gasteiger partial charge >= 0.3 is 6.03 Å². The molecule has 5 nitrogen and oxygen atoms in total. The number of rotatable bonds is 1. The predicted octanol–water partition coefficient (Wildman–Crippen LogP) is 1.37. The van der Waals surface area contributed by atoms with Gasteiger partial charge in [-0.1, -0.05) is 11.6 Å². The zero-order valence-electron chi connectivity index (χ0n) is 8.37. The molecule has 1 aliphatic rings. The lowest BCUT2D eigenvalue weighted by Gasteiger charge is -2.26. The predicted molar refractivity (Wildman–Crippen MR) is 61.4 cm³/mol. The summed E-state index contributed by atoms with van der Waals surface area (Å²) in [5, 5.41) is 2.69. The molecular weight excluding hydrogens is 230 g/mol. The van der Waals surface area contributed by atoms with Crippen molar-refractivity contribution in [3.63, 3.8) is 0 Å². The van der Waals surface area contributed by atoms with E-state index in [4.69, 9.17) is 17.3 Å². The van der Waals surface area contributed by atoms with Crippen molar-refractivity contribution in [1.29, 1.82) is 0 Å². The van der Waals surface area contributed by atoms with E-state index in [2.05, 4.69) is 5.32 Å². The number of anilines is 2. The van der Waals surface area contributed by atoms with E-state index in [-0.39, 0.29) is 12.3 Å². The molecule has 0 aliphatic carbocycles. The normalized spacial score (nSPS) is 16.2. The van der Waals surface area contributed by atoms with Crippen molar-refractivity contribution in [2.45, 2.75) is 6.42 Å². The van der Waals surface area contributed by atoms with Crippen molar-refractivity contribution < 1.29 is 9.59 Å². The lowest BCUT2D eigenvalue weighted by Crippen LogP contribution is -2.49. The van der Waals surface area contributed by atoms with E-state index in [0.29, 0.717) is 22.9 Å². The van der Waals surface area contributed by atoms with Gasteiger partial charge in [0.15, 0.2) is 0 Å². The van der Waals surface area contributed by atoms with Gasteiger partial charge in [0.25, 0.3) is 0 Å². The summed E-state index contributed by atoms with van der Waals surface area (Å²) in [6, 6.07) is 4.42. The first-order valence-electron chi connectivity index (χ1n) is 4.73. The monoisotopic (exact) mass is 239 g/mol. The second-order valence-corrected chi connectivity index (χ2v) is 3.93. The molecule has 0 saturated carbocycles. The Morgan fingerprint density at radius 1 is 1.31 bits per heavy atom. The highest BCUT2D eigenvalue weighted by Crippen LogP contribution is 2.24. The van der Waals surface area contributed by atoms with E-state index < -0.39 is 6.03 Å². The Hall–Kier alpha value is -1.75. The van der Waals surface area contributed by atoms with Gasteiger partial charge in [-0.05, 0) is 18.2 Å². The molecule has 0 aromatic heterocycles. The Morgan fingerprint density at radius 2 is 2.06 bits per heavy atom. The third-order valence-electron chi connectivity index (χ3n) is 2.27. The lowest BCUT2D eigenvalue weighted by atomic mass is 10.2. The van der Waals surface area contributed by atoms with Crippen molar-refractivity contribution in [1.82, 2.24) is 5.32 Å². The number of imide groups is 1. The van der Waals surface area contributed by atoms with Crippen LogP contribution in [0.15, 0.2) is 18.2 Å². The second-order valence-electron chi connectivity index (χ2n) is 3.50. The molecule has 1 fully saturated rings. The number of halogens is 1. The Morgan fingerprint density at radius 3 is 2.69 bits per heavy atom. The van der Waals surface area contributed by atoms with Gasteiger partial charge in [0.05, 0.1) is 0 Å². The topological polar surface area (TPSA) is 75.4 Å². The zero-order chi connectivity index (χ0) is 11.7. The highest BCUT2D eigenvalue weighted by atomic mass is 35.5. The van der Waals surface area contributed by atoms with Crippen LogP contribution in [0.4, 0.5) is 16.2 Å². The average Bonchev–Trinajstić information content (AvgIpc) is 2.15. The fourth-order valence-electron chi connectivity index (χ4n) is 1.56. The lowest BCUT2D eigenvalue weighted by molar-refractivity contribution is -0.120. The molecule has 84 valence electrons. The van der Waals surface area contributed by atoms with Crippen LogP contribution in [-0.4, -0.2) is 18.5 Å². The number of nitrogens with zero attached hydrogens (tertiary/aromatic N) is 1. The van der Waals surface area contributed by atoms with Gasteiger partial charge in [-0.3, -0.25) is 15.0 Å². The molecule has 3 N–H and O–H groups in total. The summed E-state index contributed by atoms with van der Waals surface area (Å²) in [4.78, 5) is 23.9. The quantitative estimate of drug-likeness (QED) is 0.727. The summed E-state index contributed by atoms with van der Waals surface area (Å²) >= 11 is 5.84. The molecule has 6 heteroatoms. The zero-order valence-corrected chi connectivity index (χ0v) is 9.12. The number of nitrogens with two attached hydrogens (primary N) is 1. The molecule has 1 heterocycles. The van der Waals surface area contributed by atoms with Crippen molar-refractivity contribution in [2.75, 3.05) is 17.2 Å². The molecule has 3 amide bonds. The summed E-state index contributed by atoms with van der Waals surface area (Å²) in [7, 11) is 0. The number of carbonyl (C=O) groups excluding carboxylic acids is 2. The van der Waals surface area contributed by atoms with Crippen LogP contribution in [0.1, 0.15) is 6.42 Å². The molecule has 0 atom stereocenters. The van der Waals surface area contributed by atoms with Crippen molar-refractivity contribution in [2.24, 2.45) is 0 Å². The molecule has 2 rings (SSSR count). The summed E-state index contributed by atoms with van der Waals surface area (Å²) in [5.41, 5.74) is 6.70. The smallest absolute Gasteiger partial charge is 0.328 e. The van der Waals surface area contributed by atoms with Crippen LogP contribution in [0.3, 0.4) is 0 Å². The minimum absolute atomic E-state index is 0.267. The van der Waals surface area contributed by atoms with Crippen LogP contribution in [0.25, 0.3) is 0 Å². The summed E-state index contributed by atoms with van der Waals surface area (Å²) in [6.45, 7) is 0.338. The third kappa shape index (κ3) is 2.09. The van der Waals surface area contributed by atoms with Crippen molar-refractivity contribution in [3.05, 3.63) is 23.2 Å². The number of carbonyl (C=O) groups is 2. The molecule has 0 spiro atoms. The van der Waals surface area contributed by atoms with Crippen LogP contribution in [0.2, 0.25) is 5.02 Å². The first-order chi connectivity index (χ1) is 7.56. The van der Waals surface area contributed by atoms with E-state index in [1.807, 2.05) is 0 Å². The molecule has 0 radical (unpaired) electrons. The fourth-order valence-corrected chi connectivity index (χ4v) is 1.80. The van der Waals surface area contributed by atoms with Crippen molar-refractivity contribution >= 4 is 34.9 Å². The van der Waals surface area contributed by atoms with Crippen LogP contribution in [0, 0.1) is 0 Å². The minimum atomic E-state index is -0.446. The summed E-state index contributed by atoms with van der Waals surface area (Å²) in [5.74, 6) is -0.267. The van der Waals surface area contributed by atoms with Gasteiger partial charge < -0.3 is 5.73 Å². The van der Waals surface area contributed by atoms with E-state index in [1.54, 1.807) is 18.2 Å². The fraction of sp³-hybridized carbons (Fsp3) is 0.200. The average molecular weight is 240 g/mol. The van der Waals surface area contributed by atoms with Crippen LogP contribution >= 0.6 is 11.6 Å². The SMILES string of the molecule is Nc1cc(Cl)cc(N2CCC(=O)NC2=O)c1. The van der Waals surface area contributed by atoms with E-state index in [0.717, 1.165) is 0 Å². The number of hydrogen-bond acceptors (Lipinski definition) is 3. The van der Waals surface area contributed by atoms with Gasteiger partial charge in [0, 0.05) is 29.4 Å². The maximum atomic E-state index is 11.5. The Balaban J connectivity index is 2.30. The second kappa shape index (κ2) is 4.02. The van der Waals surface area contributed by atoms with Gasteiger partial charge in [-0.15, -0.1) is 0 Å². The third-order valence-corrected chi connectivity index (χ3v) is 2.49. The first kappa shape index (κ1) is 10.8. The number of urea groups is 1. The first-order valence-corrected chi connectivity index (χ1v) is 5.11. The number of benzene rings is 1. The van der Waals surface area contributed by atoms with E-state index in [9.17, 15) is 9.59 Å². The van der Waals surface area contributed by atoms with Crippen LogP contribution in [-0.2, 0) is 4.79 Å². The van der Waals surface area contributed by atoms with Gasteiger partial charge in [0.1, 0.15) is 0 Å². The molecule has 1 aromatic carbocycles. The highest BCUT2D eigenvalue weighted by Gasteiger charge is 2.24. The standard InChI is InChI=1S/C10H10ClN3O2/c11-6-3-7(12)5-8(4-6)14-2-1-9(15)13-10(14)16/h3-5H,1-2,12H2,(H,13,15,16). The largest absolute Gasteiger partial charge is 0.399 e. The summed E-state index contributed by atoms with van der Waals surface area (Å²) in [6.07, 6.45) is 0.276. The maximum absolute atomic E-state index is 11.5. The molecule has 1 aliphatic heterocycles. The Kier molecular flexibility index (Phi) is 2.70. The van der Waals surface area contributed by atoms with Crippen LogP contribution in [0.5, 0.6) is 0 Å². The minimum Gasteiger partial charge on any atom is -0.399 e. The molecule has 1 aromatic rings. The number of nitrogen functional groups attached to an aromatic ring is 1. The van der Waals surface area contributed by atoms with Crippen molar-refractivity contribution in [3.8, 4) is 0 Å². The molecule has 1 saturated heterocycles. The van der Waals surface area contributed by atoms with E-state index >= 15 is 0 Å². The molecule has 0 unspecified atom stereocenters. The van der Waals surface area contributed by atoms with Crippen LogP contribution < -0.4 is 16.0 Å². The van der Waals surface area contributed by atoms with Gasteiger partial charge in [0.2, 0.25) is 5.91 Å². The molecular formula is C10H10ClN3O2. The number of amides is 3. The summed E-state index contributed by atoms with van der Waals surface area (Å²) < 4.78 is 0. The van der Waals surface area contributed by atoms with Gasteiger partial charge in [-0.2, -0.15) is 0 Å². The van der Waals surface area contributed by atoms with Gasteiger partial charge in [-0.25, -0.2) is 4.79 Å². The Labute approximate surface area is 97.2 Å². The maximum Gasteiger partial charge on any atom is 0.328 e.